The van der Waals surface area contributed by atoms with Crippen molar-refractivity contribution in [2.24, 2.45) is 0 Å². The van der Waals surface area contributed by atoms with Crippen LogP contribution in [0.2, 0.25) is 18.1 Å². The van der Waals surface area contributed by atoms with Gasteiger partial charge in [-0.25, -0.2) is 4.39 Å². The van der Waals surface area contributed by atoms with Gasteiger partial charge < -0.3 is 18.2 Å². The highest BCUT2D eigenvalue weighted by Crippen LogP contribution is 2.54. The maximum Gasteiger partial charge on any atom is 0.345 e. The molecule has 1 aromatic rings. The van der Waals surface area contributed by atoms with E-state index < -0.39 is 33.4 Å². The third kappa shape index (κ3) is 6.91. The Bertz CT molecular complexity index is 752. The number of benzene rings is 1. The summed E-state index contributed by atoms with van der Waals surface area (Å²) < 4.78 is 50.0. The summed E-state index contributed by atoms with van der Waals surface area (Å²) in [6, 6.07) is 4.43. The van der Waals surface area contributed by atoms with Crippen molar-refractivity contribution in [3.8, 4) is 5.75 Å². The third-order valence-corrected chi connectivity index (χ3v) is 11.9. The Labute approximate surface area is 181 Å². The van der Waals surface area contributed by atoms with Crippen molar-refractivity contribution < 1.29 is 32.0 Å². The molecule has 9 heteroatoms. The maximum atomic E-state index is 14.6. The Hall–Kier alpha value is -1.21. The van der Waals surface area contributed by atoms with Crippen LogP contribution in [0, 0.1) is 5.82 Å². The second kappa shape index (κ2) is 10.9. The van der Waals surface area contributed by atoms with Crippen LogP contribution in [0.4, 0.5) is 4.39 Å². The monoisotopic (exact) mass is 462 g/mol. The Morgan fingerprint density at radius 3 is 2.13 bits per heavy atom. The molecule has 0 saturated carbocycles. The highest BCUT2D eigenvalue weighted by molar-refractivity contribution is 7.55. The molecule has 1 rings (SSSR count). The Morgan fingerprint density at radius 1 is 1.10 bits per heavy atom. The van der Waals surface area contributed by atoms with Gasteiger partial charge in [0.25, 0.3) is 0 Å². The molecule has 0 saturated heterocycles. The summed E-state index contributed by atoms with van der Waals surface area (Å²) in [6.07, 6.45) is -0.184. The molecule has 172 valence electrons. The summed E-state index contributed by atoms with van der Waals surface area (Å²) in [5.41, 5.74) is -1.07. The van der Waals surface area contributed by atoms with Crippen LogP contribution < -0.4 is 4.43 Å². The predicted molar refractivity (Wildman–Crippen MR) is 119 cm³/mol. The van der Waals surface area contributed by atoms with Gasteiger partial charge in [-0.1, -0.05) is 20.8 Å². The van der Waals surface area contributed by atoms with Gasteiger partial charge in [0, 0.05) is 6.42 Å². The Kier molecular flexibility index (Phi) is 9.74. The average molecular weight is 463 g/mol. The van der Waals surface area contributed by atoms with E-state index in [0.29, 0.717) is 5.75 Å². The molecule has 0 aromatic heterocycles. The van der Waals surface area contributed by atoms with Crippen molar-refractivity contribution in [2.45, 2.75) is 71.8 Å². The van der Waals surface area contributed by atoms with Gasteiger partial charge in [0.1, 0.15) is 11.6 Å². The topological polar surface area (TPSA) is 71.1 Å². The van der Waals surface area contributed by atoms with Gasteiger partial charge in [0.2, 0.25) is 8.32 Å². The van der Waals surface area contributed by atoms with E-state index in [4.69, 9.17) is 18.2 Å². The van der Waals surface area contributed by atoms with Gasteiger partial charge >= 0.3 is 13.6 Å². The lowest BCUT2D eigenvalue weighted by Crippen LogP contribution is -2.43. The minimum absolute atomic E-state index is 0.0331. The van der Waals surface area contributed by atoms with Crippen molar-refractivity contribution in [3.05, 3.63) is 29.6 Å². The van der Waals surface area contributed by atoms with Crippen LogP contribution in [0.5, 0.6) is 5.75 Å². The van der Waals surface area contributed by atoms with E-state index in [2.05, 4.69) is 33.9 Å². The van der Waals surface area contributed by atoms with Crippen LogP contribution in [-0.4, -0.2) is 39.8 Å². The molecule has 0 aliphatic rings. The molecule has 1 aromatic carbocycles. The first-order chi connectivity index (χ1) is 13.8. The van der Waals surface area contributed by atoms with Crippen molar-refractivity contribution in [3.63, 3.8) is 0 Å². The quantitative estimate of drug-likeness (QED) is 0.230. The molecule has 0 bridgehead atoms. The number of carbonyl (C=O) groups excluding carboxylic acids is 1. The normalized spacial score (nSPS) is 13.8. The summed E-state index contributed by atoms with van der Waals surface area (Å²) >= 11 is 0. The molecule has 0 N–H and O–H groups in total. The molecular formula is C21H36FO6PSi. The fraction of sp³-hybridized carbons (Fsp3) is 0.667. The summed E-state index contributed by atoms with van der Waals surface area (Å²) in [5.74, 6) is -0.743. The molecule has 0 radical (unpaired) electrons. The zero-order chi connectivity index (χ0) is 23.2. The van der Waals surface area contributed by atoms with E-state index >= 15 is 0 Å². The lowest BCUT2D eigenvalue weighted by atomic mass is 10.1. The van der Waals surface area contributed by atoms with Crippen LogP contribution in [0.1, 0.15) is 47.1 Å². The SMILES string of the molecule is CCOC(=O)C(Cc1cc(O[Si](C)(C)C(C)(C)C)ccc1F)P(=O)(OCC)OCC. The summed E-state index contributed by atoms with van der Waals surface area (Å²) in [4.78, 5) is 12.6. The van der Waals surface area contributed by atoms with E-state index in [1.807, 2.05) is 0 Å². The zero-order valence-electron chi connectivity index (χ0n) is 19.4. The summed E-state index contributed by atoms with van der Waals surface area (Å²) in [6.45, 7) is 15.8. The Morgan fingerprint density at radius 2 is 1.67 bits per heavy atom. The third-order valence-electron chi connectivity index (χ3n) is 5.17. The predicted octanol–water partition coefficient (Wildman–Crippen LogP) is 5.95. The van der Waals surface area contributed by atoms with Crippen LogP contribution in [0.3, 0.4) is 0 Å². The van der Waals surface area contributed by atoms with Crippen LogP contribution in [0.25, 0.3) is 0 Å². The van der Waals surface area contributed by atoms with Gasteiger partial charge in [-0.15, -0.1) is 0 Å². The number of halogens is 1. The van der Waals surface area contributed by atoms with Gasteiger partial charge in [0.15, 0.2) is 5.66 Å². The fourth-order valence-corrected chi connectivity index (χ4v) is 5.50. The zero-order valence-corrected chi connectivity index (χ0v) is 21.3. The first-order valence-electron chi connectivity index (χ1n) is 10.3. The second-order valence-electron chi connectivity index (χ2n) is 8.46. The standard InChI is InChI=1S/C21H36FO6PSi/c1-9-25-20(23)19(29(24,26-10-2)27-11-3)15-16-14-17(12-13-18(16)22)28-30(7,8)21(4,5)6/h12-14,19H,9-11,15H2,1-8H3. The highest BCUT2D eigenvalue weighted by atomic mass is 31.2. The molecule has 1 atom stereocenters. The van der Waals surface area contributed by atoms with Gasteiger partial charge in [-0.05, 0) is 62.7 Å². The van der Waals surface area contributed by atoms with Gasteiger partial charge in [0.05, 0.1) is 19.8 Å². The van der Waals surface area contributed by atoms with Crippen LogP contribution in [-0.2, 0) is 29.6 Å². The Balaban J connectivity index is 3.32. The number of carbonyl (C=O) groups is 1. The molecule has 0 aliphatic heterocycles. The molecule has 30 heavy (non-hydrogen) atoms. The van der Waals surface area contributed by atoms with Crippen LogP contribution in [0.15, 0.2) is 18.2 Å². The number of rotatable bonds is 11. The lowest BCUT2D eigenvalue weighted by Gasteiger charge is -2.36. The van der Waals surface area contributed by atoms with Crippen LogP contribution >= 0.6 is 7.60 Å². The van der Waals surface area contributed by atoms with Gasteiger partial charge in [-0.3, -0.25) is 9.36 Å². The molecule has 0 aliphatic carbocycles. The minimum atomic E-state index is -3.86. The first kappa shape index (κ1) is 26.8. The summed E-state index contributed by atoms with van der Waals surface area (Å²) in [7, 11) is -6.00. The number of hydrogen-bond acceptors (Lipinski definition) is 6. The average Bonchev–Trinajstić information content (AvgIpc) is 2.61. The maximum absolute atomic E-state index is 14.6. The summed E-state index contributed by atoms with van der Waals surface area (Å²) in [5, 5.41) is -0.0331. The second-order valence-corrected chi connectivity index (χ2v) is 15.4. The molecule has 0 spiro atoms. The van der Waals surface area contributed by atoms with Crippen molar-refractivity contribution >= 4 is 21.9 Å². The number of hydrogen-bond donors (Lipinski definition) is 0. The fourth-order valence-electron chi connectivity index (χ4n) is 2.57. The number of ether oxygens (including phenoxy) is 1. The first-order valence-corrected chi connectivity index (χ1v) is 14.9. The molecule has 0 fully saturated rings. The van der Waals surface area contributed by atoms with E-state index in [-0.39, 0.29) is 36.8 Å². The molecule has 0 amide bonds. The molecule has 1 unspecified atom stereocenters. The largest absolute Gasteiger partial charge is 0.543 e. The van der Waals surface area contributed by atoms with Crippen molar-refractivity contribution in [1.82, 2.24) is 0 Å². The van der Waals surface area contributed by atoms with Crippen molar-refractivity contribution in [2.75, 3.05) is 19.8 Å². The molecular weight excluding hydrogens is 426 g/mol. The smallest absolute Gasteiger partial charge is 0.345 e. The van der Waals surface area contributed by atoms with Gasteiger partial charge in [-0.2, -0.15) is 0 Å². The van der Waals surface area contributed by atoms with E-state index in [1.54, 1.807) is 32.9 Å². The minimum Gasteiger partial charge on any atom is -0.543 e. The lowest BCUT2D eigenvalue weighted by molar-refractivity contribution is -0.143. The molecule has 0 heterocycles. The van der Waals surface area contributed by atoms with E-state index in [0.717, 1.165) is 0 Å². The van der Waals surface area contributed by atoms with E-state index in [1.165, 1.54) is 6.07 Å². The van der Waals surface area contributed by atoms with E-state index in [9.17, 15) is 13.8 Å². The number of esters is 1. The molecule has 6 nitrogen and oxygen atoms in total. The highest BCUT2D eigenvalue weighted by Gasteiger charge is 2.43. The van der Waals surface area contributed by atoms with Crippen molar-refractivity contribution in [1.29, 1.82) is 0 Å².